The maximum Gasteiger partial charge on any atom is 0.222 e. The number of piperidine rings is 1. The van der Waals surface area contributed by atoms with Gasteiger partial charge >= 0.3 is 0 Å². The Hall–Kier alpha value is -2.24. The van der Waals surface area contributed by atoms with E-state index in [0.29, 0.717) is 30.4 Å². The number of phenolic OH excluding ortho intramolecular Hbond substituents is 1. The molecule has 0 radical (unpaired) electrons. The molecule has 1 saturated heterocycles. The number of aryl methyl sites for hydroxylation is 1. The molecule has 3 rings (SSSR count). The second-order valence-electron chi connectivity index (χ2n) is 7.87. The van der Waals surface area contributed by atoms with Gasteiger partial charge in [0.25, 0.3) is 0 Å². The smallest absolute Gasteiger partial charge is 0.222 e. The summed E-state index contributed by atoms with van der Waals surface area (Å²) in [5.74, 6) is 1.92. The summed E-state index contributed by atoms with van der Waals surface area (Å²) in [6.45, 7) is 0.761. The zero-order valence-electron chi connectivity index (χ0n) is 16.2. The van der Waals surface area contributed by atoms with E-state index in [-0.39, 0.29) is 23.6 Å². The lowest BCUT2D eigenvalue weighted by Gasteiger charge is -2.25. The van der Waals surface area contributed by atoms with Crippen LogP contribution in [-0.4, -0.2) is 48.6 Å². The second kappa shape index (κ2) is 8.63. The average Bonchev–Trinajstić information content (AvgIpc) is 3.07. The number of methoxy groups -OCH3 is 1. The summed E-state index contributed by atoms with van der Waals surface area (Å²) < 4.78 is 5.05. The maximum absolute atomic E-state index is 12.5. The Kier molecular flexibility index (Phi) is 6.24. The molecule has 0 aromatic heterocycles. The van der Waals surface area contributed by atoms with Crippen LogP contribution < -0.4 is 10.1 Å². The van der Waals surface area contributed by atoms with Crippen molar-refractivity contribution in [3.8, 4) is 11.5 Å². The van der Waals surface area contributed by atoms with Crippen LogP contribution in [0.25, 0.3) is 0 Å². The van der Waals surface area contributed by atoms with Crippen LogP contribution in [0.15, 0.2) is 18.2 Å². The summed E-state index contributed by atoms with van der Waals surface area (Å²) in [6.07, 6.45) is 5.66. The molecule has 148 valence electrons. The highest BCUT2D eigenvalue weighted by Gasteiger charge is 2.40. The molecule has 1 heterocycles. The van der Waals surface area contributed by atoms with Crippen molar-refractivity contribution in [1.82, 2.24) is 10.2 Å². The second-order valence-corrected chi connectivity index (χ2v) is 7.87. The predicted molar refractivity (Wildman–Crippen MR) is 103 cm³/mol. The third kappa shape index (κ3) is 4.73. The lowest BCUT2D eigenvalue weighted by atomic mass is 9.89. The van der Waals surface area contributed by atoms with Gasteiger partial charge in [0.2, 0.25) is 11.8 Å². The number of amides is 2. The van der Waals surface area contributed by atoms with Gasteiger partial charge in [-0.15, -0.1) is 0 Å². The fraction of sp³-hybridized carbons (Fsp3) is 0.619. The number of carbonyl (C=O) groups is 2. The molecule has 0 spiro atoms. The summed E-state index contributed by atoms with van der Waals surface area (Å²) in [7, 11) is 3.44. The SMILES string of the molecule is COc1ccc(CCCCC(=O)N(C)[C@H]2C[C@H]3CC(=O)NC[C@H]3C2)cc1O. The number of rotatable bonds is 7. The van der Waals surface area contributed by atoms with Crippen molar-refractivity contribution in [2.45, 2.75) is 51.0 Å². The number of carbonyl (C=O) groups excluding carboxylic acids is 2. The van der Waals surface area contributed by atoms with E-state index in [0.717, 1.165) is 44.2 Å². The van der Waals surface area contributed by atoms with E-state index in [4.69, 9.17) is 4.74 Å². The summed E-state index contributed by atoms with van der Waals surface area (Å²) >= 11 is 0. The van der Waals surface area contributed by atoms with Crippen molar-refractivity contribution in [2.75, 3.05) is 20.7 Å². The van der Waals surface area contributed by atoms with Crippen LogP contribution in [0.2, 0.25) is 0 Å². The van der Waals surface area contributed by atoms with Gasteiger partial charge in [-0.3, -0.25) is 9.59 Å². The lowest BCUT2D eigenvalue weighted by Crippen LogP contribution is -2.38. The van der Waals surface area contributed by atoms with E-state index in [9.17, 15) is 14.7 Å². The topological polar surface area (TPSA) is 78.9 Å². The van der Waals surface area contributed by atoms with Gasteiger partial charge in [-0.2, -0.15) is 0 Å². The number of benzene rings is 1. The Morgan fingerprint density at radius 3 is 2.81 bits per heavy atom. The summed E-state index contributed by atoms with van der Waals surface area (Å²) in [5.41, 5.74) is 1.05. The Morgan fingerprint density at radius 1 is 1.30 bits per heavy atom. The van der Waals surface area contributed by atoms with E-state index in [2.05, 4.69) is 5.32 Å². The van der Waals surface area contributed by atoms with Gasteiger partial charge in [-0.1, -0.05) is 6.07 Å². The number of phenols is 1. The van der Waals surface area contributed by atoms with Crippen molar-refractivity contribution in [2.24, 2.45) is 11.8 Å². The Bertz CT molecular complexity index is 691. The van der Waals surface area contributed by atoms with Crippen LogP contribution in [0.3, 0.4) is 0 Å². The largest absolute Gasteiger partial charge is 0.504 e. The van der Waals surface area contributed by atoms with Crippen molar-refractivity contribution in [3.63, 3.8) is 0 Å². The molecule has 1 aliphatic carbocycles. The molecule has 27 heavy (non-hydrogen) atoms. The molecule has 2 N–H and O–H groups in total. The minimum atomic E-state index is 0.149. The first-order valence-electron chi connectivity index (χ1n) is 9.86. The van der Waals surface area contributed by atoms with E-state index >= 15 is 0 Å². The first-order valence-corrected chi connectivity index (χ1v) is 9.86. The fourth-order valence-corrected chi connectivity index (χ4v) is 4.43. The maximum atomic E-state index is 12.5. The third-order valence-electron chi connectivity index (χ3n) is 6.12. The van der Waals surface area contributed by atoms with Crippen LogP contribution >= 0.6 is 0 Å². The first kappa shape index (κ1) is 19.5. The average molecular weight is 374 g/mol. The van der Waals surface area contributed by atoms with E-state index < -0.39 is 0 Å². The normalized spacial score (nSPS) is 24.2. The van der Waals surface area contributed by atoms with Gasteiger partial charge in [0.1, 0.15) is 0 Å². The quantitative estimate of drug-likeness (QED) is 0.719. The highest BCUT2D eigenvalue weighted by Crippen LogP contribution is 2.38. The molecule has 2 amide bonds. The Morgan fingerprint density at radius 2 is 2.07 bits per heavy atom. The highest BCUT2D eigenvalue weighted by molar-refractivity contribution is 5.77. The van der Waals surface area contributed by atoms with Gasteiger partial charge < -0.3 is 20.1 Å². The molecule has 2 fully saturated rings. The molecular weight excluding hydrogens is 344 g/mol. The lowest BCUT2D eigenvalue weighted by molar-refractivity contribution is -0.132. The molecule has 6 heteroatoms. The van der Waals surface area contributed by atoms with E-state index in [1.807, 2.05) is 18.0 Å². The minimum Gasteiger partial charge on any atom is -0.504 e. The summed E-state index contributed by atoms with van der Waals surface area (Å²) in [5, 5.41) is 12.8. The number of hydrogen-bond acceptors (Lipinski definition) is 4. The first-order chi connectivity index (χ1) is 13.0. The third-order valence-corrected chi connectivity index (χ3v) is 6.12. The van der Waals surface area contributed by atoms with Gasteiger partial charge in [-0.05, 0) is 61.6 Å². The zero-order chi connectivity index (χ0) is 19.4. The summed E-state index contributed by atoms with van der Waals surface area (Å²) in [4.78, 5) is 26.0. The zero-order valence-corrected chi connectivity index (χ0v) is 16.2. The standard InChI is InChI=1S/C21H30N2O4/c1-23(17-10-15-12-20(25)22-13-16(15)11-17)21(26)6-4-3-5-14-7-8-19(27-2)18(24)9-14/h7-9,15-17,24H,3-6,10-13H2,1-2H3,(H,22,25)/t15-,16+,17-/m0/s1. The number of aromatic hydroxyl groups is 1. The van der Waals surface area contributed by atoms with Crippen molar-refractivity contribution in [3.05, 3.63) is 23.8 Å². The van der Waals surface area contributed by atoms with Gasteiger partial charge in [-0.25, -0.2) is 0 Å². The van der Waals surface area contributed by atoms with E-state index in [1.165, 1.54) is 7.11 Å². The number of unbranched alkanes of at least 4 members (excludes halogenated alkanes) is 1. The van der Waals surface area contributed by atoms with Crippen LogP contribution in [0.4, 0.5) is 0 Å². The number of hydrogen-bond donors (Lipinski definition) is 2. The molecule has 3 atom stereocenters. The van der Waals surface area contributed by atoms with Gasteiger partial charge in [0.05, 0.1) is 7.11 Å². The molecule has 0 unspecified atom stereocenters. The van der Waals surface area contributed by atoms with Crippen molar-refractivity contribution in [1.29, 1.82) is 0 Å². The predicted octanol–water partition coefficient (Wildman–Crippen LogP) is 2.49. The Balaban J connectivity index is 1.40. The van der Waals surface area contributed by atoms with Crippen molar-refractivity contribution < 1.29 is 19.4 Å². The molecule has 1 aromatic carbocycles. The fourth-order valence-electron chi connectivity index (χ4n) is 4.43. The number of fused-ring (bicyclic) bond motifs is 1. The molecule has 0 bridgehead atoms. The molecule has 1 saturated carbocycles. The molecular formula is C21H30N2O4. The minimum absolute atomic E-state index is 0.149. The molecule has 6 nitrogen and oxygen atoms in total. The van der Waals surface area contributed by atoms with Crippen molar-refractivity contribution >= 4 is 11.8 Å². The number of ether oxygens (including phenoxy) is 1. The van der Waals surface area contributed by atoms with Gasteiger partial charge in [0.15, 0.2) is 11.5 Å². The monoisotopic (exact) mass is 374 g/mol. The van der Waals surface area contributed by atoms with Crippen LogP contribution in [0, 0.1) is 11.8 Å². The van der Waals surface area contributed by atoms with E-state index in [1.54, 1.807) is 12.1 Å². The molecule has 1 aromatic rings. The van der Waals surface area contributed by atoms with Crippen LogP contribution in [0.1, 0.15) is 44.1 Å². The Labute approximate surface area is 160 Å². The number of nitrogens with zero attached hydrogens (tertiary/aromatic N) is 1. The summed E-state index contributed by atoms with van der Waals surface area (Å²) in [6, 6.07) is 5.70. The van der Waals surface area contributed by atoms with Crippen LogP contribution in [0.5, 0.6) is 11.5 Å². The highest BCUT2D eigenvalue weighted by atomic mass is 16.5. The molecule has 2 aliphatic rings. The van der Waals surface area contributed by atoms with Gasteiger partial charge in [0, 0.05) is 32.5 Å². The number of nitrogens with one attached hydrogen (secondary N) is 1. The molecule has 1 aliphatic heterocycles. The van der Waals surface area contributed by atoms with Crippen LogP contribution in [-0.2, 0) is 16.0 Å².